The zero-order valence-electron chi connectivity index (χ0n) is 13.9. The first kappa shape index (κ1) is 17.7. The fourth-order valence-electron chi connectivity index (χ4n) is 2.06. The lowest BCUT2D eigenvalue weighted by Gasteiger charge is -2.19. The number of phosphoric ester groups is 1. The number of benzene rings is 3. The molecule has 7 heteroatoms. The summed E-state index contributed by atoms with van der Waals surface area (Å²) >= 11 is 0. The van der Waals surface area contributed by atoms with Gasteiger partial charge in [-0.2, -0.15) is 4.57 Å². The molecule has 0 atom stereocenters. The fraction of sp³-hybridized carbons (Fsp3) is 0.0526. The van der Waals surface area contributed by atoms with Crippen molar-refractivity contribution in [2.75, 3.05) is 0 Å². The molecule has 0 fully saturated rings. The quantitative estimate of drug-likeness (QED) is 0.589. The Labute approximate surface area is 150 Å². The van der Waals surface area contributed by atoms with Crippen molar-refractivity contribution < 1.29 is 28.3 Å². The van der Waals surface area contributed by atoms with Gasteiger partial charge in [0.05, 0.1) is 0 Å². The first-order valence-electron chi connectivity index (χ1n) is 7.75. The number of rotatable bonds is 6. The summed E-state index contributed by atoms with van der Waals surface area (Å²) < 4.78 is 29.6. The normalized spacial score (nSPS) is 11.0. The molecular formula is C19H17O6P. The van der Waals surface area contributed by atoms with Crippen LogP contribution in [0.15, 0.2) is 72.8 Å². The second-order valence-electron chi connectivity index (χ2n) is 5.52. The molecule has 0 aliphatic carbocycles. The largest absolute Gasteiger partial charge is 0.647 e. The fourth-order valence-corrected chi connectivity index (χ4v) is 3.31. The molecule has 0 spiro atoms. The molecular weight excluding hydrogens is 355 g/mol. The van der Waals surface area contributed by atoms with E-state index in [9.17, 15) is 14.8 Å². The lowest BCUT2D eigenvalue weighted by molar-refractivity contribution is 0.298. The summed E-state index contributed by atoms with van der Waals surface area (Å²) in [7, 11) is -4.09. The third-order valence-electron chi connectivity index (χ3n) is 3.35. The summed E-state index contributed by atoms with van der Waals surface area (Å²) in [6, 6.07) is 18.3. The molecule has 2 N–H and O–H groups in total. The van der Waals surface area contributed by atoms with E-state index in [0.717, 1.165) is 5.56 Å². The van der Waals surface area contributed by atoms with Gasteiger partial charge in [-0.1, -0.05) is 17.7 Å². The molecule has 0 aliphatic rings. The first-order valence-corrected chi connectivity index (χ1v) is 9.21. The third-order valence-corrected chi connectivity index (χ3v) is 4.65. The summed E-state index contributed by atoms with van der Waals surface area (Å²) in [6.07, 6.45) is 0. The van der Waals surface area contributed by atoms with Crippen LogP contribution in [-0.2, 0) is 4.57 Å². The smallest absolute Gasteiger partial charge is 0.508 e. The minimum absolute atomic E-state index is 0.0473. The highest BCUT2D eigenvalue weighted by atomic mass is 31.2. The molecule has 3 aromatic carbocycles. The van der Waals surface area contributed by atoms with Crippen molar-refractivity contribution in [3.05, 3.63) is 78.4 Å². The van der Waals surface area contributed by atoms with Gasteiger partial charge in [0.15, 0.2) is 0 Å². The number of phosphoric acid groups is 1. The molecule has 26 heavy (non-hydrogen) atoms. The lowest BCUT2D eigenvalue weighted by Crippen LogP contribution is -2.07. The topological polar surface area (TPSA) is 85.2 Å². The van der Waals surface area contributed by atoms with Crippen LogP contribution >= 0.6 is 7.82 Å². The SMILES string of the molecule is Cc1ccc(OP(=O)(Oc2ccc(O)cc2)Oc2ccc(O)cc2)cc1. The van der Waals surface area contributed by atoms with E-state index < -0.39 is 7.82 Å². The van der Waals surface area contributed by atoms with Gasteiger partial charge >= 0.3 is 7.82 Å². The van der Waals surface area contributed by atoms with Crippen LogP contribution < -0.4 is 13.6 Å². The first-order chi connectivity index (χ1) is 12.4. The van der Waals surface area contributed by atoms with Crippen LogP contribution in [-0.4, -0.2) is 10.2 Å². The molecule has 0 saturated carbocycles. The summed E-state index contributed by atoms with van der Waals surface area (Å²) in [6.45, 7) is 1.92. The van der Waals surface area contributed by atoms with Gasteiger partial charge < -0.3 is 23.8 Å². The minimum Gasteiger partial charge on any atom is -0.508 e. The van der Waals surface area contributed by atoms with Crippen molar-refractivity contribution in [1.29, 1.82) is 0 Å². The molecule has 6 nitrogen and oxygen atoms in total. The third kappa shape index (κ3) is 4.71. The van der Waals surface area contributed by atoms with Gasteiger partial charge in [0.25, 0.3) is 0 Å². The summed E-state index contributed by atoms with van der Waals surface area (Å²) in [4.78, 5) is 0. The van der Waals surface area contributed by atoms with Crippen LogP contribution in [0.25, 0.3) is 0 Å². The number of hydrogen-bond donors (Lipinski definition) is 2. The van der Waals surface area contributed by atoms with Crippen LogP contribution in [0.3, 0.4) is 0 Å². The average Bonchev–Trinajstić information content (AvgIpc) is 2.61. The highest BCUT2D eigenvalue weighted by molar-refractivity contribution is 7.49. The van der Waals surface area contributed by atoms with Gasteiger partial charge in [-0.05, 0) is 67.6 Å². The van der Waals surface area contributed by atoms with Gasteiger partial charge in [0, 0.05) is 0 Å². The Kier molecular flexibility index (Phi) is 5.05. The Hall–Kier alpha value is -3.11. The Balaban J connectivity index is 1.88. The maximum Gasteiger partial charge on any atom is 0.647 e. The van der Waals surface area contributed by atoms with Crippen LogP contribution in [0.4, 0.5) is 0 Å². The summed E-state index contributed by atoms with van der Waals surface area (Å²) in [5.74, 6) is 0.822. The van der Waals surface area contributed by atoms with Crippen LogP contribution in [0.5, 0.6) is 28.7 Å². The van der Waals surface area contributed by atoms with Crippen molar-refractivity contribution in [2.45, 2.75) is 6.92 Å². The van der Waals surface area contributed by atoms with Crippen LogP contribution in [0, 0.1) is 6.92 Å². The molecule has 0 aliphatic heterocycles. The van der Waals surface area contributed by atoms with E-state index in [0.29, 0.717) is 5.75 Å². The summed E-state index contributed by atoms with van der Waals surface area (Å²) in [5, 5.41) is 18.7. The number of phenols is 2. The van der Waals surface area contributed by atoms with E-state index in [-0.39, 0.29) is 23.0 Å². The lowest BCUT2D eigenvalue weighted by atomic mass is 10.2. The molecule has 0 radical (unpaired) electrons. The Morgan fingerprint density at radius 1 is 0.615 bits per heavy atom. The van der Waals surface area contributed by atoms with Crippen molar-refractivity contribution >= 4 is 7.82 Å². The number of phenolic OH excluding ortho intramolecular Hbond substituents is 2. The standard InChI is InChI=1S/C19H17O6P/c1-14-2-8-17(9-3-14)23-26(22,24-18-10-4-15(20)5-11-18)25-19-12-6-16(21)7-13-19/h2-13,20-21H,1H3. The zero-order chi connectivity index (χ0) is 18.6. The molecule has 0 aromatic heterocycles. The molecule has 0 amide bonds. The van der Waals surface area contributed by atoms with Crippen molar-refractivity contribution in [3.63, 3.8) is 0 Å². The monoisotopic (exact) mass is 372 g/mol. The van der Waals surface area contributed by atoms with Gasteiger partial charge in [0.2, 0.25) is 0 Å². The van der Waals surface area contributed by atoms with Gasteiger partial charge in [-0.15, -0.1) is 0 Å². The highest BCUT2D eigenvalue weighted by Gasteiger charge is 2.33. The van der Waals surface area contributed by atoms with E-state index in [1.807, 2.05) is 6.92 Å². The minimum atomic E-state index is -4.09. The number of aromatic hydroxyl groups is 2. The maximum absolute atomic E-state index is 13.2. The molecule has 0 bridgehead atoms. The van der Waals surface area contributed by atoms with E-state index in [1.54, 1.807) is 24.3 Å². The molecule has 3 rings (SSSR count). The molecule has 3 aromatic rings. The van der Waals surface area contributed by atoms with Crippen molar-refractivity contribution in [3.8, 4) is 28.7 Å². The maximum atomic E-state index is 13.2. The Morgan fingerprint density at radius 3 is 1.27 bits per heavy atom. The zero-order valence-corrected chi connectivity index (χ0v) is 14.8. The second-order valence-corrected chi connectivity index (χ2v) is 6.96. The molecule has 0 heterocycles. The predicted octanol–water partition coefficient (Wildman–Crippen LogP) is 5.05. The van der Waals surface area contributed by atoms with E-state index in [2.05, 4.69) is 0 Å². The second kappa shape index (κ2) is 7.42. The number of hydrogen-bond acceptors (Lipinski definition) is 6. The van der Waals surface area contributed by atoms with Crippen LogP contribution in [0.2, 0.25) is 0 Å². The van der Waals surface area contributed by atoms with Crippen LogP contribution in [0.1, 0.15) is 5.56 Å². The van der Waals surface area contributed by atoms with E-state index in [1.165, 1.54) is 48.5 Å². The van der Waals surface area contributed by atoms with Crippen molar-refractivity contribution in [2.24, 2.45) is 0 Å². The van der Waals surface area contributed by atoms with Gasteiger partial charge in [-0.3, -0.25) is 0 Å². The predicted molar refractivity (Wildman–Crippen MR) is 96.9 cm³/mol. The summed E-state index contributed by atoms with van der Waals surface area (Å²) in [5.41, 5.74) is 1.02. The molecule has 0 unspecified atom stereocenters. The highest BCUT2D eigenvalue weighted by Crippen LogP contribution is 2.50. The number of aryl methyl sites for hydroxylation is 1. The van der Waals surface area contributed by atoms with Gasteiger partial charge in [0.1, 0.15) is 28.7 Å². The van der Waals surface area contributed by atoms with E-state index in [4.69, 9.17) is 13.6 Å². The molecule has 0 saturated heterocycles. The average molecular weight is 372 g/mol. The van der Waals surface area contributed by atoms with Crippen molar-refractivity contribution in [1.82, 2.24) is 0 Å². The Morgan fingerprint density at radius 2 is 0.923 bits per heavy atom. The van der Waals surface area contributed by atoms with Gasteiger partial charge in [-0.25, -0.2) is 0 Å². The molecule has 134 valence electrons. The Bertz CT molecular complexity index is 782. The van der Waals surface area contributed by atoms with E-state index >= 15 is 0 Å².